The lowest BCUT2D eigenvalue weighted by Gasteiger charge is -2.37. The van der Waals surface area contributed by atoms with Crippen LogP contribution in [0, 0.1) is 13.8 Å². The van der Waals surface area contributed by atoms with Crippen molar-refractivity contribution in [3.63, 3.8) is 0 Å². The number of aryl methyl sites for hydroxylation is 2. The van der Waals surface area contributed by atoms with Gasteiger partial charge in [-0.3, -0.25) is 4.90 Å². The number of halogens is 1. The van der Waals surface area contributed by atoms with E-state index in [1.54, 1.807) is 0 Å². The molecular weight excluding hydrogens is 350 g/mol. The first-order chi connectivity index (χ1) is 12.0. The van der Waals surface area contributed by atoms with Crippen LogP contribution in [0.1, 0.15) is 23.1 Å². The third-order valence-electron chi connectivity index (χ3n) is 4.49. The molecule has 0 saturated carbocycles. The number of hydrogen-bond acceptors (Lipinski definition) is 2. The van der Waals surface area contributed by atoms with Crippen molar-refractivity contribution in [3.05, 3.63) is 64.2 Å². The van der Waals surface area contributed by atoms with Gasteiger partial charge in [0.1, 0.15) is 0 Å². The molecule has 0 bridgehead atoms. The fourth-order valence-electron chi connectivity index (χ4n) is 3.12. The molecule has 0 aromatic heterocycles. The molecular formula is C20H24ClN3S. The Morgan fingerprint density at radius 3 is 2.80 bits per heavy atom. The second-order valence-corrected chi connectivity index (χ2v) is 7.51. The topological polar surface area (TPSA) is 18.5 Å². The zero-order valence-corrected chi connectivity index (χ0v) is 16.3. The highest BCUT2D eigenvalue weighted by molar-refractivity contribution is 7.80. The van der Waals surface area contributed by atoms with E-state index in [4.69, 9.17) is 23.8 Å². The number of anilines is 1. The van der Waals surface area contributed by atoms with E-state index in [0.717, 1.165) is 48.5 Å². The standard InChI is InChI=1S/C20H24ClN3S/c1-15-7-8-16(2)19(11-15)22-20(25)24-10-4-9-23(14-24)13-17-5-3-6-18(21)12-17/h3,5-8,11-12H,4,9-10,13-14H2,1-2H3,(H,22,25). The van der Waals surface area contributed by atoms with Gasteiger partial charge in [0.05, 0.1) is 6.67 Å². The Morgan fingerprint density at radius 2 is 2.00 bits per heavy atom. The average molecular weight is 374 g/mol. The maximum atomic E-state index is 6.10. The van der Waals surface area contributed by atoms with Crippen LogP contribution in [0.2, 0.25) is 5.02 Å². The highest BCUT2D eigenvalue weighted by Crippen LogP contribution is 2.19. The predicted octanol–water partition coefficient (Wildman–Crippen LogP) is 4.82. The maximum absolute atomic E-state index is 6.10. The van der Waals surface area contributed by atoms with Crippen molar-refractivity contribution in [2.24, 2.45) is 0 Å². The molecule has 0 unspecified atom stereocenters. The molecule has 1 fully saturated rings. The Hall–Kier alpha value is -1.62. The zero-order chi connectivity index (χ0) is 17.8. The highest BCUT2D eigenvalue weighted by atomic mass is 35.5. The van der Waals surface area contributed by atoms with Crippen LogP contribution < -0.4 is 5.32 Å². The molecule has 3 rings (SSSR count). The summed E-state index contributed by atoms with van der Waals surface area (Å²) in [7, 11) is 0. The van der Waals surface area contributed by atoms with Gasteiger partial charge in [-0.05, 0) is 67.4 Å². The molecule has 1 aliphatic rings. The second-order valence-electron chi connectivity index (χ2n) is 6.69. The smallest absolute Gasteiger partial charge is 0.174 e. The Balaban J connectivity index is 1.62. The van der Waals surface area contributed by atoms with Gasteiger partial charge in [0, 0.05) is 30.3 Å². The fraction of sp³-hybridized carbons (Fsp3) is 0.350. The van der Waals surface area contributed by atoms with Gasteiger partial charge in [-0.1, -0.05) is 35.9 Å². The van der Waals surface area contributed by atoms with E-state index in [1.807, 2.05) is 18.2 Å². The number of benzene rings is 2. The van der Waals surface area contributed by atoms with Crippen molar-refractivity contribution in [2.45, 2.75) is 26.8 Å². The molecule has 1 aliphatic heterocycles. The molecule has 1 heterocycles. The zero-order valence-electron chi connectivity index (χ0n) is 14.8. The minimum Gasteiger partial charge on any atom is -0.336 e. The van der Waals surface area contributed by atoms with E-state index in [1.165, 1.54) is 16.7 Å². The van der Waals surface area contributed by atoms with E-state index in [-0.39, 0.29) is 0 Å². The van der Waals surface area contributed by atoms with Crippen LogP contribution in [-0.4, -0.2) is 34.7 Å². The summed E-state index contributed by atoms with van der Waals surface area (Å²) in [6, 6.07) is 14.5. The molecule has 3 nitrogen and oxygen atoms in total. The van der Waals surface area contributed by atoms with Crippen molar-refractivity contribution in [2.75, 3.05) is 25.1 Å². The number of thiocarbonyl (C=S) groups is 1. The van der Waals surface area contributed by atoms with Crippen molar-refractivity contribution in [3.8, 4) is 0 Å². The summed E-state index contributed by atoms with van der Waals surface area (Å²) >= 11 is 11.8. The monoisotopic (exact) mass is 373 g/mol. The molecule has 25 heavy (non-hydrogen) atoms. The third kappa shape index (κ3) is 4.94. The Labute approximate surface area is 160 Å². The van der Waals surface area contributed by atoms with Gasteiger partial charge in [0.15, 0.2) is 5.11 Å². The SMILES string of the molecule is Cc1ccc(C)c(NC(=S)N2CCCN(Cc3cccc(Cl)c3)C2)c1. The molecule has 0 radical (unpaired) electrons. The third-order valence-corrected chi connectivity index (χ3v) is 5.09. The summed E-state index contributed by atoms with van der Waals surface area (Å²) < 4.78 is 0. The molecule has 1 N–H and O–H groups in total. The summed E-state index contributed by atoms with van der Waals surface area (Å²) in [5.74, 6) is 0. The van der Waals surface area contributed by atoms with E-state index in [2.05, 4.69) is 53.2 Å². The van der Waals surface area contributed by atoms with Crippen LogP contribution in [0.25, 0.3) is 0 Å². The molecule has 0 amide bonds. The lowest BCUT2D eigenvalue weighted by atomic mass is 10.1. The van der Waals surface area contributed by atoms with Crippen molar-refractivity contribution < 1.29 is 0 Å². The summed E-state index contributed by atoms with van der Waals surface area (Å²) in [6.45, 7) is 8.00. The van der Waals surface area contributed by atoms with Gasteiger partial charge in [-0.25, -0.2) is 0 Å². The quantitative estimate of drug-likeness (QED) is 0.777. The lowest BCUT2D eigenvalue weighted by Crippen LogP contribution is -2.48. The minimum absolute atomic E-state index is 0.790. The second kappa shape index (κ2) is 8.17. The summed E-state index contributed by atoms with van der Waals surface area (Å²) in [4.78, 5) is 4.65. The molecule has 0 spiro atoms. The van der Waals surface area contributed by atoms with Crippen molar-refractivity contribution >= 4 is 34.6 Å². The average Bonchev–Trinajstić information content (AvgIpc) is 2.58. The molecule has 0 aliphatic carbocycles. The van der Waals surface area contributed by atoms with Gasteiger partial charge in [-0.15, -0.1) is 0 Å². The van der Waals surface area contributed by atoms with Crippen LogP contribution in [0.15, 0.2) is 42.5 Å². The minimum atomic E-state index is 0.790. The summed E-state index contributed by atoms with van der Waals surface area (Å²) in [5, 5.41) is 5.01. The molecule has 0 atom stereocenters. The maximum Gasteiger partial charge on any atom is 0.174 e. The molecule has 132 valence electrons. The van der Waals surface area contributed by atoms with Gasteiger partial charge < -0.3 is 10.2 Å². The number of hydrogen-bond donors (Lipinski definition) is 1. The van der Waals surface area contributed by atoms with Crippen LogP contribution >= 0.6 is 23.8 Å². The molecule has 2 aromatic carbocycles. The van der Waals surface area contributed by atoms with Crippen LogP contribution in [0.4, 0.5) is 5.69 Å². The number of nitrogens with zero attached hydrogens (tertiary/aromatic N) is 2. The predicted molar refractivity (Wildman–Crippen MR) is 110 cm³/mol. The number of rotatable bonds is 3. The first-order valence-electron chi connectivity index (χ1n) is 8.61. The van der Waals surface area contributed by atoms with E-state index >= 15 is 0 Å². The molecule has 1 saturated heterocycles. The van der Waals surface area contributed by atoms with E-state index in [0.29, 0.717) is 0 Å². The van der Waals surface area contributed by atoms with Gasteiger partial charge in [-0.2, -0.15) is 0 Å². The summed E-state index contributed by atoms with van der Waals surface area (Å²) in [6.07, 6.45) is 1.11. The number of nitrogens with one attached hydrogen (secondary N) is 1. The molecule has 5 heteroatoms. The first kappa shape index (κ1) is 18.2. The van der Waals surface area contributed by atoms with Crippen LogP contribution in [-0.2, 0) is 6.54 Å². The largest absolute Gasteiger partial charge is 0.336 e. The summed E-state index contributed by atoms with van der Waals surface area (Å²) in [5.41, 5.74) is 4.78. The highest BCUT2D eigenvalue weighted by Gasteiger charge is 2.20. The first-order valence-corrected chi connectivity index (χ1v) is 9.40. The lowest BCUT2D eigenvalue weighted by molar-refractivity contribution is 0.134. The normalized spacial score (nSPS) is 15.2. The van der Waals surface area contributed by atoms with E-state index in [9.17, 15) is 0 Å². The van der Waals surface area contributed by atoms with Gasteiger partial charge in [0.2, 0.25) is 0 Å². The molecule has 2 aromatic rings. The van der Waals surface area contributed by atoms with Crippen molar-refractivity contribution in [1.82, 2.24) is 9.80 Å². The van der Waals surface area contributed by atoms with Crippen LogP contribution in [0.3, 0.4) is 0 Å². The Morgan fingerprint density at radius 1 is 1.16 bits per heavy atom. The van der Waals surface area contributed by atoms with Gasteiger partial charge >= 0.3 is 0 Å². The van der Waals surface area contributed by atoms with E-state index < -0.39 is 0 Å². The Kier molecular flexibility index (Phi) is 5.94. The van der Waals surface area contributed by atoms with Crippen molar-refractivity contribution in [1.29, 1.82) is 0 Å². The van der Waals surface area contributed by atoms with Gasteiger partial charge in [0.25, 0.3) is 0 Å². The Bertz CT molecular complexity index is 762. The van der Waals surface area contributed by atoms with Crippen LogP contribution in [0.5, 0.6) is 0 Å². The fourth-order valence-corrected chi connectivity index (χ4v) is 3.59.